The Morgan fingerprint density at radius 1 is 1.10 bits per heavy atom. The lowest BCUT2D eigenvalue weighted by molar-refractivity contribution is -0.137. The average molecular weight is 300 g/mol. The van der Waals surface area contributed by atoms with E-state index in [4.69, 9.17) is 16.9 Å². The van der Waals surface area contributed by atoms with E-state index in [1.165, 1.54) is 18.2 Å². The predicted octanol–water partition coefficient (Wildman–Crippen LogP) is 5.04. The summed E-state index contributed by atoms with van der Waals surface area (Å²) in [6.45, 7) is 0. The molecule has 20 heavy (non-hydrogen) atoms. The highest BCUT2D eigenvalue weighted by Gasteiger charge is 2.35. The fourth-order valence-corrected chi connectivity index (χ4v) is 2.09. The van der Waals surface area contributed by atoms with Crippen molar-refractivity contribution in [1.82, 2.24) is 0 Å². The third kappa shape index (κ3) is 2.61. The van der Waals surface area contributed by atoms with Crippen LogP contribution in [0.25, 0.3) is 11.1 Å². The van der Waals surface area contributed by atoms with Crippen LogP contribution in [-0.4, -0.2) is 0 Å². The van der Waals surface area contributed by atoms with Gasteiger partial charge in [0.1, 0.15) is 5.82 Å². The van der Waals surface area contributed by atoms with Gasteiger partial charge in [0.2, 0.25) is 0 Å². The van der Waals surface area contributed by atoms with Crippen LogP contribution in [0.3, 0.4) is 0 Å². The molecule has 2 aromatic carbocycles. The zero-order chi connectivity index (χ0) is 14.9. The van der Waals surface area contributed by atoms with E-state index in [1.807, 2.05) is 0 Å². The standard InChI is InChI=1S/C14H6ClF4N/c15-11-2-1-3-12(16)13(11)9-5-4-8(7-20)6-10(9)14(17,18)19/h1-6H. The Kier molecular flexibility index (Phi) is 3.69. The van der Waals surface area contributed by atoms with Crippen molar-refractivity contribution < 1.29 is 17.6 Å². The second-order valence-electron chi connectivity index (χ2n) is 3.97. The molecule has 0 bridgehead atoms. The lowest BCUT2D eigenvalue weighted by atomic mass is 9.97. The summed E-state index contributed by atoms with van der Waals surface area (Å²) in [5, 5.41) is 8.56. The maximum atomic E-state index is 13.8. The minimum Gasteiger partial charge on any atom is -0.206 e. The Morgan fingerprint density at radius 2 is 1.80 bits per heavy atom. The van der Waals surface area contributed by atoms with Crippen molar-refractivity contribution in [2.75, 3.05) is 0 Å². The Hall–Kier alpha value is -2.06. The van der Waals surface area contributed by atoms with E-state index in [2.05, 4.69) is 0 Å². The van der Waals surface area contributed by atoms with Crippen LogP contribution < -0.4 is 0 Å². The second kappa shape index (κ2) is 5.14. The van der Waals surface area contributed by atoms with Crippen molar-refractivity contribution in [3.63, 3.8) is 0 Å². The molecule has 0 aliphatic carbocycles. The first-order valence-electron chi connectivity index (χ1n) is 5.40. The molecule has 0 aromatic heterocycles. The first kappa shape index (κ1) is 14.4. The quantitative estimate of drug-likeness (QED) is 0.677. The van der Waals surface area contributed by atoms with Gasteiger partial charge in [-0.05, 0) is 29.8 Å². The summed E-state index contributed by atoms with van der Waals surface area (Å²) < 4.78 is 52.9. The third-order valence-electron chi connectivity index (χ3n) is 2.69. The highest BCUT2D eigenvalue weighted by molar-refractivity contribution is 6.33. The Morgan fingerprint density at radius 3 is 2.35 bits per heavy atom. The smallest absolute Gasteiger partial charge is 0.206 e. The van der Waals surface area contributed by atoms with Gasteiger partial charge in [0.15, 0.2) is 0 Å². The molecule has 0 aliphatic heterocycles. The van der Waals surface area contributed by atoms with Crippen molar-refractivity contribution in [3.8, 4) is 17.2 Å². The van der Waals surface area contributed by atoms with Gasteiger partial charge in [0.05, 0.1) is 22.2 Å². The number of nitriles is 1. The maximum absolute atomic E-state index is 13.8. The van der Waals surface area contributed by atoms with Crippen LogP contribution in [-0.2, 0) is 6.18 Å². The van der Waals surface area contributed by atoms with Gasteiger partial charge in [0, 0.05) is 5.56 Å². The number of halogens is 5. The number of hydrogen-bond donors (Lipinski definition) is 0. The van der Waals surface area contributed by atoms with Crippen LogP contribution in [0.15, 0.2) is 36.4 Å². The molecule has 1 nitrogen and oxygen atoms in total. The van der Waals surface area contributed by atoms with Crippen LogP contribution in [0.4, 0.5) is 17.6 Å². The Bertz CT molecular complexity index is 681. The molecule has 0 spiro atoms. The van der Waals surface area contributed by atoms with Gasteiger partial charge in [-0.15, -0.1) is 0 Å². The predicted molar refractivity (Wildman–Crippen MR) is 66.6 cm³/mol. The second-order valence-corrected chi connectivity index (χ2v) is 4.37. The molecule has 0 amide bonds. The zero-order valence-corrected chi connectivity index (χ0v) is 10.6. The summed E-state index contributed by atoms with van der Waals surface area (Å²) in [6.07, 6.45) is -4.71. The van der Waals surface area contributed by atoms with Crippen LogP contribution >= 0.6 is 11.6 Å². The van der Waals surface area contributed by atoms with E-state index < -0.39 is 17.6 Å². The Labute approximate surface area is 117 Å². The van der Waals surface area contributed by atoms with E-state index in [0.29, 0.717) is 6.07 Å². The summed E-state index contributed by atoms with van der Waals surface area (Å²) in [5.74, 6) is -0.854. The summed E-state index contributed by atoms with van der Waals surface area (Å²) in [6, 6.07) is 8.17. The van der Waals surface area contributed by atoms with Crippen LogP contribution in [0.2, 0.25) is 5.02 Å². The van der Waals surface area contributed by atoms with Gasteiger partial charge in [-0.3, -0.25) is 0 Å². The molecule has 0 radical (unpaired) electrons. The van der Waals surface area contributed by atoms with Gasteiger partial charge < -0.3 is 0 Å². The highest BCUT2D eigenvalue weighted by Crippen LogP contribution is 2.40. The molecule has 0 saturated heterocycles. The third-order valence-corrected chi connectivity index (χ3v) is 3.00. The van der Waals surface area contributed by atoms with Gasteiger partial charge in [-0.25, -0.2) is 4.39 Å². The van der Waals surface area contributed by atoms with Crippen molar-refractivity contribution >= 4 is 11.6 Å². The van der Waals surface area contributed by atoms with E-state index in [1.54, 1.807) is 6.07 Å². The first-order valence-corrected chi connectivity index (χ1v) is 5.78. The van der Waals surface area contributed by atoms with Crippen LogP contribution in [0.1, 0.15) is 11.1 Å². The normalized spacial score (nSPS) is 11.2. The molecular weight excluding hydrogens is 294 g/mol. The SMILES string of the molecule is N#Cc1ccc(-c2c(F)cccc2Cl)c(C(F)(F)F)c1. The zero-order valence-electron chi connectivity index (χ0n) is 9.80. The lowest BCUT2D eigenvalue weighted by Crippen LogP contribution is -2.08. The molecule has 102 valence electrons. The van der Waals surface area contributed by atoms with Crippen LogP contribution in [0, 0.1) is 17.1 Å². The fourth-order valence-electron chi connectivity index (χ4n) is 1.82. The van der Waals surface area contributed by atoms with Crippen LogP contribution in [0.5, 0.6) is 0 Å². The fraction of sp³-hybridized carbons (Fsp3) is 0.0714. The molecule has 6 heteroatoms. The highest BCUT2D eigenvalue weighted by atomic mass is 35.5. The molecule has 0 N–H and O–H groups in total. The number of nitrogens with zero attached hydrogens (tertiary/aromatic N) is 1. The summed E-state index contributed by atoms with van der Waals surface area (Å²) in [4.78, 5) is 0. The van der Waals surface area contributed by atoms with Crippen molar-refractivity contribution in [2.24, 2.45) is 0 Å². The number of benzene rings is 2. The monoisotopic (exact) mass is 299 g/mol. The maximum Gasteiger partial charge on any atom is 0.417 e. The largest absolute Gasteiger partial charge is 0.417 e. The van der Waals surface area contributed by atoms with Crippen molar-refractivity contribution in [1.29, 1.82) is 5.26 Å². The number of alkyl halides is 3. The van der Waals surface area contributed by atoms with Crippen molar-refractivity contribution in [2.45, 2.75) is 6.18 Å². The van der Waals surface area contributed by atoms with Gasteiger partial charge >= 0.3 is 6.18 Å². The van der Waals surface area contributed by atoms with E-state index >= 15 is 0 Å². The summed E-state index contributed by atoms with van der Waals surface area (Å²) in [7, 11) is 0. The lowest BCUT2D eigenvalue weighted by Gasteiger charge is -2.14. The average Bonchev–Trinajstić information content (AvgIpc) is 2.37. The van der Waals surface area contributed by atoms with Gasteiger partial charge in [-0.1, -0.05) is 23.7 Å². The molecule has 2 aromatic rings. The molecule has 2 rings (SSSR count). The number of rotatable bonds is 1. The van der Waals surface area contributed by atoms with Crippen molar-refractivity contribution in [3.05, 3.63) is 58.4 Å². The van der Waals surface area contributed by atoms with Gasteiger partial charge in [0.25, 0.3) is 0 Å². The molecule has 0 saturated carbocycles. The molecule has 0 heterocycles. The molecule has 0 unspecified atom stereocenters. The summed E-state index contributed by atoms with van der Waals surface area (Å²) >= 11 is 5.79. The minimum atomic E-state index is -4.71. The minimum absolute atomic E-state index is 0.125. The van der Waals surface area contributed by atoms with Gasteiger partial charge in [-0.2, -0.15) is 18.4 Å². The number of hydrogen-bond acceptors (Lipinski definition) is 1. The summed E-state index contributed by atoms with van der Waals surface area (Å²) in [5.41, 5.74) is -1.97. The molecule has 0 aliphatic rings. The Balaban J connectivity index is 2.79. The molecule has 0 fully saturated rings. The van der Waals surface area contributed by atoms with E-state index in [9.17, 15) is 17.6 Å². The van der Waals surface area contributed by atoms with E-state index in [-0.39, 0.29) is 21.7 Å². The van der Waals surface area contributed by atoms with E-state index in [0.717, 1.165) is 12.1 Å². The topological polar surface area (TPSA) is 23.8 Å². The molecular formula is C14H6ClF4N. The molecule has 0 atom stereocenters. The first-order chi connectivity index (χ1) is 9.34.